The molecule has 2 aromatic rings. The van der Waals surface area contributed by atoms with Crippen LogP contribution >= 0.6 is 0 Å². The summed E-state index contributed by atoms with van der Waals surface area (Å²) in [6, 6.07) is 16.0. The lowest BCUT2D eigenvalue weighted by atomic mass is 9.99. The lowest BCUT2D eigenvalue weighted by Crippen LogP contribution is -2.40. The Morgan fingerprint density at radius 3 is 2.48 bits per heavy atom. The van der Waals surface area contributed by atoms with Crippen LogP contribution in [0.1, 0.15) is 36.2 Å². The van der Waals surface area contributed by atoms with Gasteiger partial charge in [-0.25, -0.2) is 0 Å². The third-order valence-corrected chi connectivity index (χ3v) is 4.25. The van der Waals surface area contributed by atoms with E-state index >= 15 is 0 Å². The Balaban J connectivity index is 1.98. The fourth-order valence-electron chi connectivity index (χ4n) is 2.36. The van der Waals surface area contributed by atoms with Crippen molar-refractivity contribution in [3.05, 3.63) is 65.7 Å². The van der Waals surface area contributed by atoms with Crippen LogP contribution < -0.4 is 16.4 Å². The van der Waals surface area contributed by atoms with Gasteiger partial charge in [0.1, 0.15) is 0 Å². The molecule has 2 unspecified atom stereocenters. The first-order chi connectivity index (χ1) is 12.0. The van der Waals surface area contributed by atoms with Crippen LogP contribution in [0.4, 0.5) is 5.69 Å². The molecule has 0 heterocycles. The van der Waals surface area contributed by atoms with Gasteiger partial charge in [0.15, 0.2) is 0 Å². The number of hydrogen-bond donors (Lipinski definition) is 3. The topological polar surface area (TPSA) is 84.2 Å². The summed E-state index contributed by atoms with van der Waals surface area (Å²) in [6.07, 6.45) is 0.830. The highest BCUT2D eigenvalue weighted by atomic mass is 16.2. The van der Waals surface area contributed by atoms with Crippen molar-refractivity contribution < 1.29 is 9.59 Å². The first-order valence-corrected chi connectivity index (χ1v) is 8.50. The van der Waals surface area contributed by atoms with E-state index in [1.54, 1.807) is 24.3 Å². The highest BCUT2D eigenvalue weighted by molar-refractivity contribution is 5.98. The maximum Gasteiger partial charge on any atom is 0.251 e. The Kier molecular flexibility index (Phi) is 6.71. The molecule has 2 aromatic carbocycles. The number of nitrogens with one attached hydrogen (secondary N) is 2. The molecule has 4 N–H and O–H groups in total. The summed E-state index contributed by atoms with van der Waals surface area (Å²) < 4.78 is 0. The average molecular weight is 339 g/mol. The lowest BCUT2D eigenvalue weighted by molar-refractivity contribution is -0.118. The van der Waals surface area contributed by atoms with E-state index < -0.39 is 6.04 Å². The van der Waals surface area contributed by atoms with Gasteiger partial charge in [-0.05, 0) is 29.7 Å². The normalized spacial score (nSPS) is 12.9. The van der Waals surface area contributed by atoms with Gasteiger partial charge in [0.05, 0.1) is 6.04 Å². The second kappa shape index (κ2) is 8.99. The van der Waals surface area contributed by atoms with Crippen molar-refractivity contribution in [2.24, 2.45) is 11.7 Å². The molecule has 0 radical (unpaired) electrons. The molecular weight excluding hydrogens is 314 g/mol. The zero-order valence-electron chi connectivity index (χ0n) is 14.7. The van der Waals surface area contributed by atoms with Crippen molar-refractivity contribution in [3.8, 4) is 0 Å². The Morgan fingerprint density at radius 1 is 1.08 bits per heavy atom. The molecule has 0 aliphatic heterocycles. The van der Waals surface area contributed by atoms with E-state index in [0.29, 0.717) is 17.8 Å². The SMILES string of the molecule is CCC(C)C(N)C(=O)Nc1cccc(C(=O)NCc2ccccc2)c1. The van der Waals surface area contributed by atoms with Gasteiger partial charge in [0.25, 0.3) is 5.91 Å². The van der Waals surface area contributed by atoms with Crippen LogP contribution in [0.15, 0.2) is 54.6 Å². The summed E-state index contributed by atoms with van der Waals surface area (Å²) in [7, 11) is 0. The Labute approximate surface area is 148 Å². The molecule has 25 heavy (non-hydrogen) atoms. The number of nitrogens with two attached hydrogens (primary N) is 1. The number of carbonyl (C=O) groups excluding carboxylic acids is 2. The lowest BCUT2D eigenvalue weighted by Gasteiger charge is -2.18. The van der Waals surface area contributed by atoms with Crippen molar-refractivity contribution in [2.75, 3.05) is 5.32 Å². The van der Waals surface area contributed by atoms with Gasteiger partial charge in [0, 0.05) is 17.8 Å². The molecule has 2 amide bonds. The van der Waals surface area contributed by atoms with Crippen molar-refractivity contribution >= 4 is 17.5 Å². The van der Waals surface area contributed by atoms with E-state index in [-0.39, 0.29) is 17.7 Å². The van der Waals surface area contributed by atoms with Gasteiger partial charge < -0.3 is 16.4 Å². The van der Waals surface area contributed by atoms with E-state index in [1.165, 1.54) is 0 Å². The Bertz CT molecular complexity index is 716. The van der Waals surface area contributed by atoms with Crippen LogP contribution in [0.25, 0.3) is 0 Å². The minimum atomic E-state index is -0.569. The highest BCUT2D eigenvalue weighted by Crippen LogP contribution is 2.13. The molecule has 0 aliphatic carbocycles. The fraction of sp³-hybridized carbons (Fsp3) is 0.300. The van der Waals surface area contributed by atoms with Crippen LogP contribution in [-0.2, 0) is 11.3 Å². The van der Waals surface area contributed by atoms with Crippen LogP contribution in [0, 0.1) is 5.92 Å². The standard InChI is InChI=1S/C20H25N3O2/c1-3-14(2)18(21)20(25)23-17-11-7-10-16(12-17)19(24)22-13-15-8-5-4-6-9-15/h4-12,14,18H,3,13,21H2,1-2H3,(H,22,24)(H,23,25). The zero-order chi connectivity index (χ0) is 18.2. The van der Waals surface area contributed by atoms with Gasteiger partial charge in [0.2, 0.25) is 5.91 Å². The molecule has 0 saturated heterocycles. The molecule has 0 aromatic heterocycles. The number of hydrogen-bond acceptors (Lipinski definition) is 3. The molecule has 0 saturated carbocycles. The van der Waals surface area contributed by atoms with E-state index in [9.17, 15) is 9.59 Å². The van der Waals surface area contributed by atoms with Crippen LogP contribution in [0.3, 0.4) is 0 Å². The maximum atomic E-state index is 12.3. The molecule has 0 aliphatic rings. The van der Waals surface area contributed by atoms with Crippen LogP contribution in [0.5, 0.6) is 0 Å². The minimum absolute atomic E-state index is 0.0948. The third kappa shape index (κ3) is 5.43. The van der Waals surface area contributed by atoms with Crippen LogP contribution in [-0.4, -0.2) is 17.9 Å². The van der Waals surface area contributed by atoms with Gasteiger partial charge in [-0.15, -0.1) is 0 Å². The Hall–Kier alpha value is -2.66. The van der Waals surface area contributed by atoms with E-state index in [4.69, 9.17) is 5.73 Å². The summed E-state index contributed by atoms with van der Waals surface area (Å²) in [4.78, 5) is 24.5. The number of benzene rings is 2. The third-order valence-electron chi connectivity index (χ3n) is 4.25. The number of carbonyl (C=O) groups is 2. The molecule has 5 nitrogen and oxygen atoms in total. The molecule has 5 heteroatoms. The Morgan fingerprint density at radius 2 is 1.80 bits per heavy atom. The van der Waals surface area contributed by atoms with Crippen LogP contribution in [0.2, 0.25) is 0 Å². The molecule has 0 spiro atoms. The summed E-state index contributed by atoms with van der Waals surface area (Å²) in [6.45, 7) is 4.39. The molecule has 0 bridgehead atoms. The van der Waals surface area contributed by atoms with Crippen molar-refractivity contribution in [1.29, 1.82) is 0 Å². The second-order valence-electron chi connectivity index (χ2n) is 6.15. The first-order valence-electron chi connectivity index (χ1n) is 8.50. The molecule has 0 fully saturated rings. The van der Waals surface area contributed by atoms with Gasteiger partial charge in [-0.2, -0.15) is 0 Å². The second-order valence-corrected chi connectivity index (χ2v) is 6.15. The average Bonchev–Trinajstić information content (AvgIpc) is 2.65. The fourth-order valence-corrected chi connectivity index (χ4v) is 2.36. The smallest absolute Gasteiger partial charge is 0.251 e. The zero-order valence-corrected chi connectivity index (χ0v) is 14.7. The molecule has 132 valence electrons. The van der Waals surface area contributed by atoms with Crippen molar-refractivity contribution in [1.82, 2.24) is 5.32 Å². The van der Waals surface area contributed by atoms with Crippen molar-refractivity contribution in [2.45, 2.75) is 32.9 Å². The largest absolute Gasteiger partial charge is 0.348 e. The van der Waals surface area contributed by atoms with Gasteiger partial charge >= 0.3 is 0 Å². The quantitative estimate of drug-likeness (QED) is 0.725. The number of anilines is 1. The highest BCUT2D eigenvalue weighted by Gasteiger charge is 2.19. The minimum Gasteiger partial charge on any atom is -0.348 e. The van der Waals surface area contributed by atoms with E-state index in [2.05, 4.69) is 10.6 Å². The van der Waals surface area contributed by atoms with Gasteiger partial charge in [-0.1, -0.05) is 56.7 Å². The number of amides is 2. The monoisotopic (exact) mass is 339 g/mol. The molecule has 2 atom stereocenters. The summed E-state index contributed by atoms with van der Waals surface area (Å²) >= 11 is 0. The predicted octanol–water partition coefficient (Wildman–Crippen LogP) is 2.93. The predicted molar refractivity (Wildman–Crippen MR) is 100 cm³/mol. The maximum absolute atomic E-state index is 12.3. The van der Waals surface area contributed by atoms with Crippen molar-refractivity contribution in [3.63, 3.8) is 0 Å². The summed E-state index contributed by atoms with van der Waals surface area (Å²) in [5.74, 6) is -0.334. The molecular formula is C20H25N3O2. The summed E-state index contributed by atoms with van der Waals surface area (Å²) in [5, 5.41) is 5.65. The van der Waals surface area contributed by atoms with E-state index in [1.807, 2.05) is 44.2 Å². The molecule has 2 rings (SSSR count). The first kappa shape index (κ1) is 18.7. The van der Waals surface area contributed by atoms with E-state index in [0.717, 1.165) is 12.0 Å². The number of rotatable bonds is 7. The summed E-state index contributed by atoms with van der Waals surface area (Å²) in [5.41, 5.74) is 8.02. The van der Waals surface area contributed by atoms with Gasteiger partial charge in [-0.3, -0.25) is 9.59 Å².